The Hall–Kier alpha value is -1.46. The summed E-state index contributed by atoms with van der Waals surface area (Å²) in [6.07, 6.45) is 0. The van der Waals surface area contributed by atoms with Crippen LogP contribution in [0.15, 0.2) is 22.6 Å². The van der Waals surface area contributed by atoms with Gasteiger partial charge < -0.3 is 10.2 Å². The molecule has 0 amide bonds. The second kappa shape index (κ2) is 3.96. The normalized spacial score (nSPS) is 10.6. The van der Waals surface area contributed by atoms with Crippen molar-refractivity contribution in [1.29, 1.82) is 0 Å². The first-order valence-corrected chi connectivity index (χ1v) is 4.56. The van der Waals surface area contributed by atoms with E-state index >= 15 is 0 Å². The van der Waals surface area contributed by atoms with E-state index in [1.165, 1.54) is 18.2 Å². The van der Waals surface area contributed by atoms with Crippen molar-refractivity contribution in [2.45, 2.75) is 6.54 Å². The molecule has 2 rings (SSSR count). The van der Waals surface area contributed by atoms with Crippen LogP contribution in [0.4, 0.5) is 4.39 Å². The molecule has 4 nitrogen and oxygen atoms in total. The molecule has 2 aromatic rings. The van der Waals surface area contributed by atoms with E-state index in [-0.39, 0.29) is 17.5 Å². The van der Waals surface area contributed by atoms with Crippen molar-refractivity contribution >= 4 is 11.6 Å². The van der Waals surface area contributed by atoms with E-state index in [4.69, 9.17) is 21.8 Å². The lowest BCUT2D eigenvalue weighted by Gasteiger charge is -1.97. The van der Waals surface area contributed by atoms with Gasteiger partial charge in [-0.25, -0.2) is 4.39 Å². The summed E-state index contributed by atoms with van der Waals surface area (Å²) >= 11 is 5.82. The van der Waals surface area contributed by atoms with Gasteiger partial charge in [0.15, 0.2) is 0 Å². The van der Waals surface area contributed by atoms with Crippen molar-refractivity contribution in [1.82, 2.24) is 10.2 Å². The first-order valence-electron chi connectivity index (χ1n) is 4.18. The van der Waals surface area contributed by atoms with Crippen LogP contribution in [-0.4, -0.2) is 10.2 Å². The highest BCUT2D eigenvalue weighted by atomic mass is 35.5. The van der Waals surface area contributed by atoms with Crippen LogP contribution in [0.3, 0.4) is 0 Å². The van der Waals surface area contributed by atoms with Crippen molar-refractivity contribution in [3.05, 3.63) is 34.9 Å². The minimum atomic E-state index is -0.415. The van der Waals surface area contributed by atoms with Crippen molar-refractivity contribution < 1.29 is 8.81 Å². The first-order chi connectivity index (χ1) is 7.20. The minimum absolute atomic E-state index is 0.159. The second-order valence-electron chi connectivity index (χ2n) is 2.83. The minimum Gasteiger partial charge on any atom is -0.419 e. The summed E-state index contributed by atoms with van der Waals surface area (Å²) in [5, 5.41) is 7.65. The summed E-state index contributed by atoms with van der Waals surface area (Å²) in [6.45, 7) is 0.159. The lowest BCUT2D eigenvalue weighted by molar-refractivity contribution is 0.508. The van der Waals surface area contributed by atoms with Crippen molar-refractivity contribution in [3.8, 4) is 11.5 Å². The summed E-state index contributed by atoms with van der Waals surface area (Å²) in [7, 11) is 0. The van der Waals surface area contributed by atoms with Crippen LogP contribution in [0.25, 0.3) is 11.5 Å². The van der Waals surface area contributed by atoms with Crippen LogP contribution < -0.4 is 5.73 Å². The molecule has 1 aromatic carbocycles. The maximum absolute atomic E-state index is 12.8. The average molecular weight is 228 g/mol. The summed E-state index contributed by atoms with van der Waals surface area (Å²) in [5.41, 5.74) is 5.81. The van der Waals surface area contributed by atoms with Gasteiger partial charge in [0.2, 0.25) is 11.8 Å². The first kappa shape index (κ1) is 10.1. The zero-order chi connectivity index (χ0) is 10.8. The average Bonchev–Trinajstić information content (AvgIpc) is 2.66. The molecule has 6 heteroatoms. The Morgan fingerprint density at radius 1 is 1.40 bits per heavy atom. The molecular formula is C9H7ClFN3O. The zero-order valence-corrected chi connectivity index (χ0v) is 8.33. The van der Waals surface area contributed by atoms with Crippen LogP contribution >= 0.6 is 11.6 Å². The van der Waals surface area contributed by atoms with Crippen LogP contribution in [0.5, 0.6) is 0 Å². The largest absolute Gasteiger partial charge is 0.419 e. The zero-order valence-electron chi connectivity index (χ0n) is 7.58. The highest BCUT2D eigenvalue weighted by molar-refractivity contribution is 6.33. The van der Waals surface area contributed by atoms with Crippen molar-refractivity contribution in [2.75, 3.05) is 0 Å². The molecule has 1 heterocycles. The smallest absolute Gasteiger partial charge is 0.249 e. The lowest BCUT2D eigenvalue weighted by atomic mass is 10.2. The molecule has 0 aliphatic rings. The van der Waals surface area contributed by atoms with E-state index in [2.05, 4.69) is 10.2 Å². The predicted molar refractivity (Wildman–Crippen MR) is 52.6 cm³/mol. The molecule has 2 N–H and O–H groups in total. The monoisotopic (exact) mass is 227 g/mol. The number of aromatic nitrogens is 2. The third-order valence-electron chi connectivity index (χ3n) is 1.80. The van der Waals surface area contributed by atoms with Crippen LogP contribution in [0.2, 0.25) is 5.02 Å². The number of rotatable bonds is 2. The van der Waals surface area contributed by atoms with E-state index in [0.717, 1.165) is 0 Å². The van der Waals surface area contributed by atoms with E-state index in [0.29, 0.717) is 11.5 Å². The molecule has 0 spiro atoms. The molecule has 1 aromatic heterocycles. The Labute approximate surface area is 89.9 Å². The topological polar surface area (TPSA) is 64.9 Å². The summed E-state index contributed by atoms with van der Waals surface area (Å²) < 4.78 is 17.9. The Morgan fingerprint density at radius 3 is 2.80 bits per heavy atom. The highest BCUT2D eigenvalue weighted by Gasteiger charge is 2.11. The van der Waals surface area contributed by atoms with Gasteiger partial charge in [-0.2, -0.15) is 0 Å². The lowest BCUT2D eigenvalue weighted by Crippen LogP contribution is -1.95. The molecule has 0 bridgehead atoms. The van der Waals surface area contributed by atoms with E-state index in [1.54, 1.807) is 0 Å². The van der Waals surface area contributed by atoms with E-state index in [1.807, 2.05) is 0 Å². The molecule has 0 saturated carbocycles. The van der Waals surface area contributed by atoms with Crippen LogP contribution in [-0.2, 0) is 6.54 Å². The summed E-state index contributed by atoms with van der Waals surface area (Å²) in [6, 6.07) is 3.93. The maximum Gasteiger partial charge on any atom is 0.249 e. The standard InChI is InChI=1S/C9H7ClFN3O/c10-7-3-5(11)1-2-6(7)9-14-13-8(4-12)15-9/h1-3H,4,12H2. The number of halogens is 2. The molecule has 0 aliphatic carbocycles. The Bertz CT molecular complexity index is 486. The van der Waals surface area contributed by atoms with Gasteiger partial charge in [0, 0.05) is 0 Å². The molecule has 78 valence electrons. The number of benzene rings is 1. The van der Waals surface area contributed by atoms with Gasteiger partial charge in [0.1, 0.15) is 5.82 Å². The molecule has 0 radical (unpaired) electrons. The fourth-order valence-corrected chi connectivity index (χ4v) is 1.36. The second-order valence-corrected chi connectivity index (χ2v) is 3.24. The van der Waals surface area contributed by atoms with Crippen LogP contribution in [0.1, 0.15) is 5.89 Å². The van der Waals surface area contributed by atoms with Gasteiger partial charge >= 0.3 is 0 Å². The van der Waals surface area contributed by atoms with E-state index < -0.39 is 5.82 Å². The number of hydrogen-bond donors (Lipinski definition) is 1. The van der Waals surface area contributed by atoms with Gasteiger partial charge in [-0.1, -0.05) is 11.6 Å². The van der Waals surface area contributed by atoms with Crippen LogP contribution in [0, 0.1) is 5.82 Å². The SMILES string of the molecule is NCc1nnc(-c2ccc(F)cc2Cl)o1. The number of hydrogen-bond acceptors (Lipinski definition) is 4. The van der Waals surface area contributed by atoms with Gasteiger partial charge in [-0.3, -0.25) is 0 Å². The highest BCUT2D eigenvalue weighted by Crippen LogP contribution is 2.27. The molecule has 0 aliphatic heterocycles. The third kappa shape index (κ3) is 1.98. The fourth-order valence-electron chi connectivity index (χ4n) is 1.11. The van der Waals surface area contributed by atoms with Gasteiger partial charge in [-0.15, -0.1) is 10.2 Å². The van der Waals surface area contributed by atoms with Gasteiger partial charge in [0.05, 0.1) is 17.1 Å². The summed E-state index contributed by atoms with van der Waals surface area (Å²) in [5.74, 6) is 0.133. The van der Waals surface area contributed by atoms with Crippen molar-refractivity contribution in [2.24, 2.45) is 5.73 Å². The van der Waals surface area contributed by atoms with Gasteiger partial charge in [0.25, 0.3) is 0 Å². The van der Waals surface area contributed by atoms with Crippen molar-refractivity contribution in [3.63, 3.8) is 0 Å². The Kier molecular flexibility index (Phi) is 2.66. The molecule has 0 fully saturated rings. The van der Waals surface area contributed by atoms with Gasteiger partial charge in [-0.05, 0) is 18.2 Å². The number of nitrogens with two attached hydrogens (primary N) is 1. The Balaban J connectivity index is 2.44. The third-order valence-corrected chi connectivity index (χ3v) is 2.12. The summed E-state index contributed by atoms with van der Waals surface area (Å²) in [4.78, 5) is 0. The predicted octanol–water partition coefficient (Wildman–Crippen LogP) is 1.99. The molecule has 0 atom stereocenters. The molecule has 0 unspecified atom stereocenters. The Morgan fingerprint density at radius 2 is 2.20 bits per heavy atom. The number of nitrogens with zero attached hydrogens (tertiary/aromatic N) is 2. The quantitative estimate of drug-likeness (QED) is 0.852. The maximum atomic E-state index is 12.8. The van der Waals surface area contributed by atoms with E-state index in [9.17, 15) is 4.39 Å². The fraction of sp³-hybridized carbons (Fsp3) is 0.111. The molecule has 0 saturated heterocycles. The molecular weight excluding hydrogens is 221 g/mol. The molecule has 15 heavy (non-hydrogen) atoms.